The summed E-state index contributed by atoms with van der Waals surface area (Å²) in [5.74, 6) is -0.903. The van der Waals surface area contributed by atoms with Crippen molar-refractivity contribution in [3.05, 3.63) is 30.0 Å². The molecule has 7 heteroatoms. The first kappa shape index (κ1) is 12.0. The first-order valence-electron chi connectivity index (χ1n) is 5.45. The summed E-state index contributed by atoms with van der Waals surface area (Å²) in [5.41, 5.74) is 1.48. The van der Waals surface area contributed by atoms with Crippen molar-refractivity contribution in [1.82, 2.24) is 19.7 Å². The molecule has 0 fully saturated rings. The van der Waals surface area contributed by atoms with E-state index in [1.165, 1.54) is 12.4 Å². The van der Waals surface area contributed by atoms with Crippen molar-refractivity contribution in [3.63, 3.8) is 0 Å². The van der Waals surface area contributed by atoms with Crippen LogP contribution in [0.3, 0.4) is 0 Å². The summed E-state index contributed by atoms with van der Waals surface area (Å²) in [6.45, 7) is 1.97. The van der Waals surface area contributed by atoms with Gasteiger partial charge in [-0.3, -0.25) is 4.68 Å². The van der Waals surface area contributed by atoms with Crippen LogP contribution in [0, 0.1) is 0 Å². The summed E-state index contributed by atoms with van der Waals surface area (Å²) in [5, 5.41) is 16.2. The van der Waals surface area contributed by atoms with Gasteiger partial charge in [0.15, 0.2) is 11.5 Å². The number of aryl methyl sites for hydroxylation is 2. The molecule has 0 spiro atoms. The molecule has 0 saturated carbocycles. The van der Waals surface area contributed by atoms with E-state index in [2.05, 4.69) is 20.4 Å². The van der Waals surface area contributed by atoms with Gasteiger partial charge in [0.1, 0.15) is 0 Å². The molecule has 0 atom stereocenters. The number of carbonyl (C=O) groups is 1. The Morgan fingerprint density at radius 2 is 2.17 bits per heavy atom. The number of carboxylic acids is 1. The van der Waals surface area contributed by atoms with Crippen LogP contribution in [0.15, 0.2) is 18.6 Å². The lowest BCUT2D eigenvalue weighted by Gasteiger charge is -2.06. The fourth-order valence-electron chi connectivity index (χ4n) is 1.61. The molecule has 0 unspecified atom stereocenters. The van der Waals surface area contributed by atoms with E-state index < -0.39 is 5.97 Å². The minimum Gasteiger partial charge on any atom is -0.476 e. The molecular weight excluding hydrogens is 234 g/mol. The maximum absolute atomic E-state index is 11.0. The summed E-state index contributed by atoms with van der Waals surface area (Å²) in [4.78, 5) is 18.8. The molecule has 2 heterocycles. The van der Waals surface area contributed by atoms with Crippen LogP contribution in [0.25, 0.3) is 0 Å². The summed E-state index contributed by atoms with van der Waals surface area (Å²) in [6.07, 6.45) is 5.31. The predicted molar refractivity (Wildman–Crippen MR) is 64.9 cm³/mol. The van der Waals surface area contributed by atoms with Crippen LogP contribution in [0.2, 0.25) is 0 Å². The molecule has 0 aromatic carbocycles. The lowest BCUT2D eigenvalue weighted by Crippen LogP contribution is -2.07. The van der Waals surface area contributed by atoms with E-state index in [9.17, 15) is 4.79 Å². The van der Waals surface area contributed by atoms with Gasteiger partial charge < -0.3 is 10.4 Å². The third-order valence-corrected chi connectivity index (χ3v) is 2.39. The van der Waals surface area contributed by atoms with Gasteiger partial charge in [-0.2, -0.15) is 5.10 Å². The highest BCUT2D eigenvalue weighted by molar-refractivity contribution is 5.91. The van der Waals surface area contributed by atoms with Gasteiger partial charge in [-0.25, -0.2) is 14.8 Å². The van der Waals surface area contributed by atoms with Crippen molar-refractivity contribution in [2.75, 3.05) is 5.32 Å². The van der Waals surface area contributed by atoms with E-state index >= 15 is 0 Å². The van der Waals surface area contributed by atoms with Crippen LogP contribution >= 0.6 is 0 Å². The Balaban J connectivity index is 2.36. The molecule has 0 amide bonds. The summed E-state index contributed by atoms with van der Waals surface area (Å²) < 4.78 is 1.66. The van der Waals surface area contributed by atoms with E-state index in [1.807, 2.05) is 6.92 Å². The molecule has 0 saturated heterocycles. The van der Waals surface area contributed by atoms with Gasteiger partial charge in [0, 0.05) is 25.6 Å². The van der Waals surface area contributed by atoms with E-state index in [0.29, 0.717) is 0 Å². The molecule has 2 rings (SSSR count). The molecule has 0 aliphatic carbocycles. The highest BCUT2D eigenvalue weighted by Crippen LogP contribution is 2.20. The number of hydrogen-bond donors (Lipinski definition) is 2. The average molecular weight is 247 g/mol. The Hall–Kier alpha value is -2.44. The van der Waals surface area contributed by atoms with Gasteiger partial charge in [-0.15, -0.1) is 0 Å². The second kappa shape index (κ2) is 4.82. The van der Waals surface area contributed by atoms with Gasteiger partial charge >= 0.3 is 5.97 Å². The SMILES string of the molecule is CCc1nn(C)cc1Nc1nccnc1C(=O)O. The molecule has 2 aromatic heterocycles. The monoisotopic (exact) mass is 247 g/mol. The third-order valence-electron chi connectivity index (χ3n) is 2.39. The Morgan fingerprint density at radius 3 is 2.83 bits per heavy atom. The molecule has 2 N–H and O–H groups in total. The lowest BCUT2D eigenvalue weighted by atomic mass is 10.3. The highest BCUT2D eigenvalue weighted by Gasteiger charge is 2.14. The zero-order valence-corrected chi connectivity index (χ0v) is 10.1. The van der Waals surface area contributed by atoms with Crippen molar-refractivity contribution in [2.24, 2.45) is 7.05 Å². The normalized spacial score (nSPS) is 10.3. The van der Waals surface area contributed by atoms with Gasteiger partial charge in [-0.1, -0.05) is 6.92 Å². The standard InChI is InChI=1S/C11H13N5O2/c1-3-7-8(6-16(2)15-7)14-10-9(11(17)18)12-4-5-13-10/h4-6H,3H2,1-2H3,(H,13,14)(H,17,18). The second-order valence-electron chi connectivity index (χ2n) is 3.70. The van der Waals surface area contributed by atoms with Crippen LogP contribution in [0.1, 0.15) is 23.1 Å². The van der Waals surface area contributed by atoms with Crippen molar-refractivity contribution >= 4 is 17.5 Å². The van der Waals surface area contributed by atoms with Crippen molar-refractivity contribution in [1.29, 1.82) is 0 Å². The van der Waals surface area contributed by atoms with Crippen molar-refractivity contribution in [2.45, 2.75) is 13.3 Å². The molecule has 0 aliphatic rings. The molecule has 18 heavy (non-hydrogen) atoms. The number of hydrogen-bond acceptors (Lipinski definition) is 5. The van der Waals surface area contributed by atoms with Crippen LogP contribution in [-0.2, 0) is 13.5 Å². The smallest absolute Gasteiger partial charge is 0.358 e. The van der Waals surface area contributed by atoms with Gasteiger partial charge in [0.2, 0.25) is 0 Å². The number of nitrogens with zero attached hydrogens (tertiary/aromatic N) is 4. The number of aromatic carboxylic acids is 1. The fraction of sp³-hybridized carbons (Fsp3) is 0.273. The number of aromatic nitrogens is 4. The van der Waals surface area contributed by atoms with Crippen LogP contribution in [0.4, 0.5) is 11.5 Å². The average Bonchev–Trinajstić information content (AvgIpc) is 2.70. The van der Waals surface area contributed by atoms with E-state index in [4.69, 9.17) is 5.11 Å². The van der Waals surface area contributed by atoms with Gasteiger partial charge in [0.05, 0.1) is 11.4 Å². The largest absolute Gasteiger partial charge is 0.476 e. The lowest BCUT2D eigenvalue weighted by molar-refractivity contribution is 0.0691. The minimum atomic E-state index is -1.12. The summed E-state index contributed by atoms with van der Waals surface area (Å²) >= 11 is 0. The summed E-state index contributed by atoms with van der Waals surface area (Å²) in [6, 6.07) is 0. The third kappa shape index (κ3) is 2.29. The molecule has 0 aliphatic heterocycles. The molecule has 7 nitrogen and oxygen atoms in total. The van der Waals surface area contributed by atoms with Crippen LogP contribution in [0.5, 0.6) is 0 Å². The first-order chi connectivity index (χ1) is 8.61. The predicted octanol–water partition coefficient (Wildman–Crippen LogP) is 1.21. The highest BCUT2D eigenvalue weighted by atomic mass is 16.4. The van der Waals surface area contributed by atoms with E-state index in [0.717, 1.165) is 17.8 Å². The van der Waals surface area contributed by atoms with Crippen LogP contribution in [-0.4, -0.2) is 30.8 Å². The Bertz CT molecular complexity index is 579. The Kier molecular flexibility index (Phi) is 3.22. The summed E-state index contributed by atoms with van der Waals surface area (Å²) in [7, 11) is 1.80. The second-order valence-corrected chi connectivity index (χ2v) is 3.70. The minimum absolute atomic E-state index is 0.108. The molecular formula is C11H13N5O2. The number of carboxylic acid groups (broad SMARTS) is 1. The first-order valence-corrected chi connectivity index (χ1v) is 5.45. The number of anilines is 2. The van der Waals surface area contributed by atoms with Crippen molar-refractivity contribution < 1.29 is 9.90 Å². The fourth-order valence-corrected chi connectivity index (χ4v) is 1.61. The van der Waals surface area contributed by atoms with Gasteiger partial charge in [0.25, 0.3) is 0 Å². The number of nitrogens with one attached hydrogen (secondary N) is 1. The quantitative estimate of drug-likeness (QED) is 0.843. The van der Waals surface area contributed by atoms with E-state index in [1.54, 1.807) is 17.9 Å². The molecule has 0 bridgehead atoms. The zero-order chi connectivity index (χ0) is 13.1. The topological polar surface area (TPSA) is 92.9 Å². The van der Waals surface area contributed by atoms with Gasteiger partial charge in [-0.05, 0) is 6.42 Å². The molecule has 2 aromatic rings. The molecule has 0 radical (unpaired) electrons. The van der Waals surface area contributed by atoms with E-state index in [-0.39, 0.29) is 11.5 Å². The maximum Gasteiger partial charge on any atom is 0.358 e. The maximum atomic E-state index is 11.0. The Morgan fingerprint density at radius 1 is 1.44 bits per heavy atom. The number of rotatable bonds is 4. The zero-order valence-electron chi connectivity index (χ0n) is 10.1. The van der Waals surface area contributed by atoms with Crippen molar-refractivity contribution in [3.8, 4) is 0 Å². The van der Waals surface area contributed by atoms with Crippen LogP contribution < -0.4 is 5.32 Å². The Labute approximate surface area is 104 Å². The molecule has 94 valence electrons.